The van der Waals surface area contributed by atoms with Crippen LogP contribution in [0.2, 0.25) is 0 Å². The highest BCUT2D eigenvalue weighted by molar-refractivity contribution is 7.97. The van der Waals surface area contributed by atoms with Gasteiger partial charge in [-0.25, -0.2) is 16.8 Å². The van der Waals surface area contributed by atoms with Crippen LogP contribution in [0, 0.1) is 13.8 Å². The number of fused-ring (bicyclic) bond motifs is 2. The number of allylic oxidation sites excluding steroid dienone is 6. The van der Waals surface area contributed by atoms with Crippen LogP contribution in [0.5, 0.6) is 0 Å². The molecule has 2 aliphatic heterocycles. The monoisotopic (exact) mass is 531 g/mol. The summed E-state index contributed by atoms with van der Waals surface area (Å²) in [4.78, 5) is 29.1. The van der Waals surface area contributed by atoms with Gasteiger partial charge in [0, 0.05) is 23.5 Å². The summed E-state index contributed by atoms with van der Waals surface area (Å²) in [6.45, 7) is 3.49. The van der Waals surface area contributed by atoms with E-state index in [1.807, 2.05) is 0 Å². The molecule has 2 aliphatic rings. The molecular formula is C28H21NO6S2. The normalized spacial score (nSPS) is 19.9. The van der Waals surface area contributed by atoms with Gasteiger partial charge in [0.15, 0.2) is 0 Å². The third kappa shape index (κ3) is 4.10. The van der Waals surface area contributed by atoms with Crippen molar-refractivity contribution in [2.75, 3.05) is 0 Å². The van der Waals surface area contributed by atoms with Crippen molar-refractivity contribution in [2.24, 2.45) is 0 Å². The molecule has 0 saturated heterocycles. The minimum atomic E-state index is -4.01. The van der Waals surface area contributed by atoms with E-state index in [0.29, 0.717) is 11.1 Å². The van der Waals surface area contributed by atoms with Gasteiger partial charge in [0.05, 0.1) is 9.79 Å². The Morgan fingerprint density at radius 3 is 1.84 bits per heavy atom. The van der Waals surface area contributed by atoms with Crippen LogP contribution in [0.1, 0.15) is 43.8 Å². The second kappa shape index (κ2) is 8.86. The van der Waals surface area contributed by atoms with E-state index in [-0.39, 0.29) is 37.1 Å². The predicted octanol–water partition coefficient (Wildman–Crippen LogP) is 4.58. The van der Waals surface area contributed by atoms with Crippen LogP contribution >= 0.6 is 0 Å². The molecule has 2 aromatic carbocycles. The molecule has 1 aromatic heterocycles. The first-order valence-electron chi connectivity index (χ1n) is 11.3. The van der Waals surface area contributed by atoms with Crippen LogP contribution in [-0.4, -0.2) is 33.4 Å². The Bertz CT molecular complexity index is 1810. The maximum atomic E-state index is 13.1. The lowest BCUT2D eigenvalue weighted by Gasteiger charge is -2.05. The number of aryl methyl sites for hydroxylation is 2. The Kier molecular flexibility index (Phi) is 5.92. The summed E-state index contributed by atoms with van der Waals surface area (Å²) in [5.41, 5.74) is 2.83. The largest absolute Gasteiger partial charge is 0.288 e. The lowest BCUT2D eigenvalue weighted by molar-refractivity contribution is 0.103. The number of pyridine rings is 1. The van der Waals surface area contributed by atoms with E-state index in [1.54, 1.807) is 38.1 Å². The lowest BCUT2D eigenvalue weighted by Crippen LogP contribution is -2.03. The Labute approximate surface area is 214 Å². The van der Waals surface area contributed by atoms with E-state index in [0.717, 1.165) is 11.1 Å². The molecule has 0 bridgehead atoms. The van der Waals surface area contributed by atoms with Crippen molar-refractivity contribution in [3.05, 3.63) is 117 Å². The Morgan fingerprint density at radius 2 is 1.27 bits per heavy atom. The summed E-state index contributed by atoms with van der Waals surface area (Å²) in [6.07, 6.45) is 7.12. The van der Waals surface area contributed by atoms with E-state index >= 15 is 0 Å². The molecule has 5 rings (SSSR count). The third-order valence-corrected chi connectivity index (χ3v) is 10.0. The van der Waals surface area contributed by atoms with Gasteiger partial charge >= 0.3 is 0 Å². The van der Waals surface area contributed by atoms with Crippen molar-refractivity contribution in [3.63, 3.8) is 0 Å². The van der Waals surface area contributed by atoms with Crippen LogP contribution in [-0.2, 0) is 19.7 Å². The van der Waals surface area contributed by atoms with E-state index in [1.165, 1.54) is 54.9 Å². The summed E-state index contributed by atoms with van der Waals surface area (Å²) in [5.74, 6) is -1.18. The fourth-order valence-corrected chi connectivity index (χ4v) is 7.73. The summed E-state index contributed by atoms with van der Waals surface area (Å²) >= 11 is 0. The molecule has 0 radical (unpaired) electrons. The smallest absolute Gasteiger partial charge is 0.211 e. The van der Waals surface area contributed by atoms with Gasteiger partial charge in [-0.05, 0) is 85.0 Å². The minimum Gasteiger partial charge on any atom is -0.288 e. The number of aromatic nitrogens is 1. The first-order chi connectivity index (χ1) is 17.5. The zero-order chi connectivity index (χ0) is 26.5. The van der Waals surface area contributed by atoms with Gasteiger partial charge in [-0.15, -0.1) is 0 Å². The zero-order valence-corrected chi connectivity index (χ0v) is 21.6. The van der Waals surface area contributed by atoms with Crippen LogP contribution in [0.25, 0.3) is 5.57 Å². The van der Waals surface area contributed by atoms with E-state index in [4.69, 9.17) is 0 Å². The molecule has 0 saturated carbocycles. The average Bonchev–Trinajstić information content (AvgIpc) is 3.17. The SMILES string of the molecule is Cc1ccc2c(c1)S(=O)(=O)C(=CC=C(CC=C1C(=O)c3ccc(C)cc3S1(=O)=O)c1ccncc1)C2=O. The number of hydrogen-bond acceptors (Lipinski definition) is 7. The van der Waals surface area contributed by atoms with Crippen LogP contribution < -0.4 is 0 Å². The third-order valence-electron chi connectivity index (χ3n) is 6.36. The average molecular weight is 532 g/mol. The van der Waals surface area contributed by atoms with Crippen LogP contribution in [0.15, 0.2) is 98.8 Å². The van der Waals surface area contributed by atoms with Gasteiger partial charge in [0.2, 0.25) is 31.2 Å². The second-order valence-corrected chi connectivity index (χ2v) is 12.7. The molecule has 9 heteroatoms. The highest BCUT2D eigenvalue weighted by atomic mass is 32.2. The predicted molar refractivity (Wildman–Crippen MR) is 138 cm³/mol. The van der Waals surface area contributed by atoms with E-state index < -0.39 is 31.2 Å². The number of benzene rings is 2. The fraction of sp³-hybridized carbons (Fsp3) is 0.107. The summed E-state index contributed by atoms with van der Waals surface area (Å²) in [5, 5.41) is 0. The summed E-state index contributed by atoms with van der Waals surface area (Å²) in [7, 11) is -7.99. The number of carbonyl (C=O) groups excluding carboxylic acids is 2. The van der Waals surface area contributed by atoms with Gasteiger partial charge in [-0.2, -0.15) is 0 Å². The number of Topliss-reactive ketones (excluding diaryl/α,β-unsaturated/α-hetero) is 2. The maximum Gasteiger partial charge on any atom is 0.211 e. The Morgan fingerprint density at radius 1 is 0.757 bits per heavy atom. The minimum absolute atomic E-state index is 0.00135. The van der Waals surface area contributed by atoms with Crippen molar-refractivity contribution >= 4 is 36.8 Å². The second-order valence-electron chi connectivity index (χ2n) is 8.90. The number of carbonyl (C=O) groups is 2. The van der Waals surface area contributed by atoms with Crippen molar-refractivity contribution in [2.45, 2.75) is 30.1 Å². The number of ketones is 2. The standard InChI is InChI=1S/C28H21NO6S2/c1-17-3-7-21-25(15-17)36(32,33)23(27(21)30)9-5-19(20-11-13-29-14-12-20)6-10-24-28(31)22-8-4-18(2)16-26(22)37(24,34)35/h3-5,7-16H,6H2,1-2H3. The maximum absolute atomic E-state index is 13.1. The van der Waals surface area contributed by atoms with Crippen LogP contribution in [0.3, 0.4) is 0 Å². The van der Waals surface area contributed by atoms with E-state index in [9.17, 15) is 26.4 Å². The molecule has 7 nitrogen and oxygen atoms in total. The Balaban J connectivity index is 1.58. The number of rotatable bonds is 4. The van der Waals surface area contributed by atoms with Gasteiger partial charge in [0.1, 0.15) is 9.81 Å². The van der Waals surface area contributed by atoms with Crippen molar-refractivity contribution in [3.8, 4) is 0 Å². The highest BCUT2D eigenvalue weighted by Gasteiger charge is 2.40. The first kappa shape index (κ1) is 24.7. The topological polar surface area (TPSA) is 115 Å². The summed E-state index contributed by atoms with van der Waals surface area (Å²) in [6, 6.07) is 12.7. The number of sulfone groups is 2. The summed E-state index contributed by atoms with van der Waals surface area (Å²) < 4.78 is 52.3. The fourth-order valence-electron chi connectivity index (χ4n) is 4.42. The van der Waals surface area contributed by atoms with E-state index in [2.05, 4.69) is 4.98 Å². The lowest BCUT2D eigenvalue weighted by atomic mass is 10.0. The molecular weight excluding hydrogens is 510 g/mol. The van der Waals surface area contributed by atoms with Crippen LogP contribution in [0.4, 0.5) is 0 Å². The molecule has 0 aliphatic carbocycles. The van der Waals surface area contributed by atoms with Crippen molar-refractivity contribution in [1.29, 1.82) is 0 Å². The number of nitrogens with zero attached hydrogens (tertiary/aromatic N) is 1. The van der Waals surface area contributed by atoms with Gasteiger partial charge in [-0.3, -0.25) is 14.6 Å². The van der Waals surface area contributed by atoms with Gasteiger partial charge in [-0.1, -0.05) is 24.3 Å². The molecule has 0 fully saturated rings. The van der Waals surface area contributed by atoms with Crippen molar-refractivity contribution in [1.82, 2.24) is 4.98 Å². The molecule has 0 unspecified atom stereocenters. The molecule has 3 heterocycles. The van der Waals surface area contributed by atoms with Crippen molar-refractivity contribution < 1.29 is 26.4 Å². The molecule has 0 N–H and O–H groups in total. The zero-order valence-electron chi connectivity index (χ0n) is 19.9. The molecule has 0 atom stereocenters. The molecule has 0 spiro atoms. The van der Waals surface area contributed by atoms with Gasteiger partial charge in [0.25, 0.3) is 0 Å². The molecule has 186 valence electrons. The van der Waals surface area contributed by atoms with Gasteiger partial charge < -0.3 is 0 Å². The molecule has 3 aromatic rings. The Hall–Kier alpha value is -3.95. The molecule has 0 amide bonds. The first-order valence-corrected chi connectivity index (χ1v) is 14.3. The highest BCUT2D eigenvalue weighted by Crippen LogP contribution is 2.37. The number of hydrogen-bond donors (Lipinski definition) is 0. The molecule has 37 heavy (non-hydrogen) atoms. The quantitative estimate of drug-likeness (QED) is 0.453.